The summed E-state index contributed by atoms with van der Waals surface area (Å²) in [5.41, 5.74) is 21.5. The Morgan fingerprint density at radius 1 is 0.648 bits per heavy atom. The van der Waals surface area contributed by atoms with Gasteiger partial charge in [-0.25, -0.2) is 0 Å². The molecule has 1 fully saturated rings. The van der Waals surface area contributed by atoms with E-state index in [0.717, 1.165) is 5.56 Å². The summed E-state index contributed by atoms with van der Waals surface area (Å²) in [6, 6.07) is 10.6. The quantitative estimate of drug-likeness (QED) is 0.00533. The van der Waals surface area contributed by atoms with Crippen molar-refractivity contribution in [1.29, 1.82) is 0 Å². The minimum atomic E-state index is -1.64. The van der Waals surface area contributed by atoms with Crippen molar-refractivity contribution in [3.05, 3.63) is 82.2 Å². The molecule has 1 saturated heterocycles. The number of anilines is 1. The molecule has 37 nitrogen and oxygen atoms in total. The second-order valence-electron chi connectivity index (χ2n) is 25.0. The molecule has 17 N–H and O–H groups in total. The van der Waals surface area contributed by atoms with E-state index in [-0.39, 0.29) is 204 Å². The molecule has 1 aliphatic rings. The number of carboxylic acid groups (broad SMARTS) is 1. The number of thioether (sulfide) groups is 1. The van der Waals surface area contributed by atoms with Gasteiger partial charge in [-0.05, 0) is 112 Å². The molecule has 594 valence electrons. The van der Waals surface area contributed by atoms with Crippen molar-refractivity contribution in [2.45, 2.75) is 164 Å². The summed E-state index contributed by atoms with van der Waals surface area (Å²) < 4.78 is 23.4. The molecule has 5 atom stereocenters. The van der Waals surface area contributed by atoms with Crippen molar-refractivity contribution < 1.29 is 96.6 Å². The number of aromatic nitrogens is 1. The fourth-order valence-corrected chi connectivity index (χ4v) is 11.5. The van der Waals surface area contributed by atoms with Gasteiger partial charge >= 0.3 is 5.97 Å². The third-order valence-corrected chi connectivity index (χ3v) is 17.2. The normalized spacial score (nSPS) is 15.7. The number of guanidine groups is 1. The van der Waals surface area contributed by atoms with E-state index in [1.54, 1.807) is 42.5 Å². The number of carboxylic acids is 1. The highest BCUT2D eigenvalue weighted by Crippen LogP contribution is 2.36. The number of amides is 10. The third kappa shape index (κ3) is 39.3. The zero-order chi connectivity index (χ0) is 78.9. The van der Waals surface area contributed by atoms with Gasteiger partial charge in [0, 0.05) is 81.5 Å². The molecule has 1 unspecified atom stereocenters. The van der Waals surface area contributed by atoms with Gasteiger partial charge in [-0.3, -0.25) is 71.9 Å². The maximum absolute atomic E-state index is 14.1. The van der Waals surface area contributed by atoms with Gasteiger partial charge in [0.15, 0.2) is 11.8 Å². The van der Waals surface area contributed by atoms with Crippen molar-refractivity contribution in [1.82, 2.24) is 52.4 Å². The fourth-order valence-electron chi connectivity index (χ4n) is 10.6. The van der Waals surface area contributed by atoms with E-state index >= 15 is 0 Å². The molecule has 0 aliphatic carbocycles. The molecule has 108 heavy (non-hydrogen) atoms. The number of aliphatic carboxylic acids is 1. The Balaban J connectivity index is 1.12. The number of ether oxygens (including phenoxy) is 4. The Morgan fingerprint density at radius 2 is 1.27 bits per heavy atom. The number of unbranched alkanes of at least 4 members (excludes halogenated alkanes) is 3. The first-order valence-electron chi connectivity index (χ1n) is 35.8. The summed E-state index contributed by atoms with van der Waals surface area (Å²) in [5.74, 6) is -8.20. The van der Waals surface area contributed by atoms with Crippen LogP contribution < -0.4 is 64.6 Å². The molecule has 0 bridgehead atoms. The number of azide groups is 1. The SMILES string of the molecule is CC(=O)CC(=O)CCc1ccc(NC(=O)CCCCSc2cc(O)n(CCC(=O)NC(CCCCNC(=O)CN=[N+]=[N-])C(=O)NCCOCCOCCOCCOCCC(=O)NCCCC[C@@H]3NC(=O)[C@@H](Cc4ccccc4)NC(=O)[C@H](CC(=O)O)NC(=O)CNC(=O)[C@H](CCCN=C(N)N)NC3=O)c2O)cc1. The predicted octanol–water partition coefficient (Wildman–Crippen LogP) is 0.452. The Morgan fingerprint density at radius 3 is 1.94 bits per heavy atom. The van der Waals surface area contributed by atoms with Gasteiger partial charge in [0.2, 0.25) is 65.0 Å². The molecule has 0 saturated carbocycles. The number of carbonyl (C=O) groups excluding carboxylic acids is 12. The molecule has 0 radical (unpaired) electrons. The highest BCUT2D eigenvalue weighted by atomic mass is 32.2. The van der Waals surface area contributed by atoms with E-state index < -0.39 is 96.4 Å². The molecule has 0 spiro atoms. The summed E-state index contributed by atoms with van der Waals surface area (Å²) in [6.07, 6.45) is 2.82. The molecule has 38 heteroatoms. The average Bonchev–Trinajstić information content (AvgIpc) is 1.68. The zero-order valence-corrected chi connectivity index (χ0v) is 61.6. The van der Waals surface area contributed by atoms with E-state index in [2.05, 4.69) is 68.2 Å². The molecular weight excluding hydrogens is 1430 g/mol. The van der Waals surface area contributed by atoms with Gasteiger partial charge in [0.1, 0.15) is 48.3 Å². The Kier molecular flexibility index (Phi) is 43.8. The van der Waals surface area contributed by atoms with Crippen LogP contribution in [0.5, 0.6) is 11.8 Å². The molecule has 1 aliphatic heterocycles. The number of hydrogen-bond donors (Lipinski definition) is 15. The average molecular weight is 1530 g/mol. The second-order valence-corrected chi connectivity index (χ2v) is 26.1. The lowest BCUT2D eigenvalue weighted by molar-refractivity contribution is -0.141. The number of aliphatic imine (C=N–C) groups is 1. The van der Waals surface area contributed by atoms with Crippen LogP contribution in [0.1, 0.15) is 121 Å². The van der Waals surface area contributed by atoms with Gasteiger partial charge in [-0.1, -0.05) is 47.6 Å². The number of nitrogens with zero attached hydrogens (tertiary/aromatic N) is 5. The third-order valence-electron chi connectivity index (χ3n) is 16.1. The fraction of sp³-hybridized carbons (Fsp3) is 0.571. The molecule has 10 amide bonds. The largest absolute Gasteiger partial charge is 0.494 e. The first kappa shape index (κ1) is 90.0. The number of nitrogens with one attached hydrogen (secondary N) is 10. The predicted molar refractivity (Wildman–Crippen MR) is 394 cm³/mol. The number of hydrogen-bond acceptors (Lipinski definition) is 22. The van der Waals surface area contributed by atoms with Crippen LogP contribution in [0.3, 0.4) is 0 Å². The number of Topliss-reactive ketones (excluding diaryl/α,β-unsaturated/α-hetero) is 2. The molecule has 2 aromatic carbocycles. The zero-order valence-electron chi connectivity index (χ0n) is 60.8. The van der Waals surface area contributed by atoms with Crippen LogP contribution in [0.4, 0.5) is 5.69 Å². The van der Waals surface area contributed by atoms with Crippen molar-refractivity contribution in [2.24, 2.45) is 21.6 Å². The summed E-state index contributed by atoms with van der Waals surface area (Å²) in [5, 5.41) is 60.7. The molecule has 3 aromatic rings. The maximum atomic E-state index is 14.1. The van der Waals surface area contributed by atoms with Crippen molar-refractivity contribution in [2.75, 3.05) is 103 Å². The molecule has 1 aromatic heterocycles. The van der Waals surface area contributed by atoms with Gasteiger partial charge in [0.25, 0.3) is 0 Å². The van der Waals surface area contributed by atoms with E-state index in [9.17, 15) is 77.6 Å². The van der Waals surface area contributed by atoms with E-state index in [0.29, 0.717) is 60.4 Å². The number of benzene rings is 2. The van der Waals surface area contributed by atoms with Gasteiger partial charge < -0.3 is 98.9 Å². The maximum Gasteiger partial charge on any atom is 0.305 e. The number of aryl methyl sites for hydroxylation is 1. The van der Waals surface area contributed by atoms with Crippen LogP contribution in [-0.4, -0.2) is 231 Å². The van der Waals surface area contributed by atoms with Crippen LogP contribution >= 0.6 is 11.8 Å². The summed E-state index contributed by atoms with van der Waals surface area (Å²) in [7, 11) is 0. The number of carbonyl (C=O) groups is 13. The number of rotatable bonds is 52. The molecular formula is C70H103N17O20S. The summed E-state index contributed by atoms with van der Waals surface area (Å²) in [4.78, 5) is 173. The smallest absolute Gasteiger partial charge is 0.305 e. The van der Waals surface area contributed by atoms with E-state index in [1.807, 2.05) is 12.1 Å². The minimum absolute atomic E-state index is 0.000427. The van der Waals surface area contributed by atoms with E-state index in [1.165, 1.54) is 29.3 Å². The van der Waals surface area contributed by atoms with E-state index in [4.69, 9.17) is 35.9 Å². The summed E-state index contributed by atoms with van der Waals surface area (Å²) >= 11 is 1.27. The Hall–Kier alpha value is -10.4. The molecule has 4 rings (SSSR count). The van der Waals surface area contributed by atoms with Gasteiger partial charge in [-0.2, -0.15) is 0 Å². The topological polar surface area (TPSA) is 558 Å². The lowest BCUT2D eigenvalue weighted by Gasteiger charge is -2.26. The first-order chi connectivity index (χ1) is 51.9. The van der Waals surface area contributed by atoms with Crippen LogP contribution in [0.15, 0.2) is 75.7 Å². The lowest BCUT2D eigenvalue weighted by Crippen LogP contribution is -2.58. The number of nitrogens with two attached hydrogens (primary N) is 2. The number of aromatic hydroxyl groups is 2. The first-order valence-corrected chi connectivity index (χ1v) is 36.7. The lowest BCUT2D eigenvalue weighted by atomic mass is 10.0. The highest BCUT2D eigenvalue weighted by Gasteiger charge is 2.34. The van der Waals surface area contributed by atoms with Crippen LogP contribution in [-0.2, 0) is 101 Å². The van der Waals surface area contributed by atoms with Gasteiger partial charge in [0.05, 0.1) is 77.1 Å². The molecule has 2 heterocycles. The Labute approximate surface area is 629 Å². The van der Waals surface area contributed by atoms with Crippen LogP contribution in [0.25, 0.3) is 10.4 Å². The van der Waals surface area contributed by atoms with Crippen LogP contribution in [0, 0.1) is 0 Å². The minimum Gasteiger partial charge on any atom is -0.494 e. The van der Waals surface area contributed by atoms with Crippen LogP contribution in [0.2, 0.25) is 0 Å². The van der Waals surface area contributed by atoms with Crippen molar-refractivity contribution in [3.8, 4) is 11.8 Å². The summed E-state index contributed by atoms with van der Waals surface area (Å²) in [6.45, 7) is 2.25. The van der Waals surface area contributed by atoms with Crippen molar-refractivity contribution in [3.63, 3.8) is 0 Å². The monoisotopic (exact) mass is 1530 g/mol. The van der Waals surface area contributed by atoms with Crippen molar-refractivity contribution >= 4 is 100 Å². The highest BCUT2D eigenvalue weighted by molar-refractivity contribution is 7.99. The van der Waals surface area contributed by atoms with Gasteiger partial charge in [-0.15, -0.1) is 11.8 Å². The number of ketones is 2. The Bertz CT molecular complexity index is 3480. The second kappa shape index (κ2) is 52.6. The standard InChI is InChI=1S/C70H103N17O20S/c1-46(88)40-50(89)23-20-47-18-21-49(22-19-47)80-58(91)17-7-10-39-108-56-43-62(95)87(69(56)103)30-24-59(92)81-51(14-5-9-27-75-60(93)45-79-86-73)64(98)76-29-32-105-34-36-107-38-37-106-35-33-104-31-25-57(90)74-26-8-6-15-53-66(100)83-52(16-11-28-77-70(71)72)65(99)78-44-61(94)82-55(42-63(96)97)68(102)85-54(67(101)84-53)41-48-12-3-2-4-13-48/h2-4,12-13,18-19,21-22,43,51-55,95,103H,5-11,14-17,20,23-42,44-45H2,1H3,(H,74,90)(H,75,93)(H,76,98)(H,78,99)(H,80,91)(H,81,92)(H,82,94)(H,83,100)(H,84,101)(H,85,102)(H,96,97)(H4,71,72,77)/t51?,52-,53-,54+,55-/m0/s1.